The molecule has 192 valence electrons. The smallest absolute Gasteiger partial charge is 0.250 e. The normalized spacial score (nSPS) is 21.1. The summed E-state index contributed by atoms with van der Waals surface area (Å²) < 4.78 is 0. The first-order valence-corrected chi connectivity index (χ1v) is 13.3. The second-order valence-corrected chi connectivity index (χ2v) is 10.5. The van der Waals surface area contributed by atoms with E-state index in [1.165, 1.54) is 29.1 Å². The molecular weight excluding hydrogens is 476 g/mol. The van der Waals surface area contributed by atoms with Gasteiger partial charge in [-0.1, -0.05) is 63.1 Å². The monoisotopic (exact) mass is 510 g/mol. The number of hydrogen-bond donors (Lipinski definition) is 1. The van der Waals surface area contributed by atoms with Gasteiger partial charge in [0.05, 0.1) is 5.92 Å². The van der Waals surface area contributed by atoms with Gasteiger partial charge in [0.25, 0.3) is 5.91 Å². The fourth-order valence-electron chi connectivity index (χ4n) is 5.77. The molecule has 0 unspecified atom stereocenters. The summed E-state index contributed by atoms with van der Waals surface area (Å²) in [6.45, 7) is 2.11. The van der Waals surface area contributed by atoms with E-state index in [4.69, 9.17) is 17.3 Å². The number of amides is 3. The molecule has 2 N–H and O–H groups in total. The van der Waals surface area contributed by atoms with Crippen molar-refractivity contribution in [2.45, 2.75) is 64.3 Å². The summed E-state index contributed by atoms with van der Waals surface area (Å²) in [6.07, 6.45) is 8.99. The first kappa shape index (κ1) is 26.1. The summed E-state index contributed by atoms with van der Waals surface area (Å²) in [5, 5.41) is 0.506. The summed E-state index contributed by atoms with van der Waals surface area (Å²) in [4.78, 5) is 47.3. The highest BCUT2D eigenvalue weighted by Gasteiger charge is 2.55. The van der Waals surface area contributed by atoms with E-state index in [9.17, 15) is 14.4 Å². The van der Waals surface area contributed by atoms with Crippen molar-refractivity contribution in [1.29, 1.82) is 0 Å². The molecule has 7 nitrogen and oxygen atoms in total. The third-order valence-electron chi connectivity index (χ3n) is 7.84. The molecule has 2 aromatic rings. The third-order valence-corrected chi connectivity index (χ3v) is 8.08. The molecule has 3 atom stereocenters. The summed E-state index contributed by atoms with van der Waals surface area (Å²) in [6, 6.07) is 9.60. The van der Waals surface area contributed by atoms with Gasteiger partial charge in [0.2, 0.25) is 11.8 Å². The number of imide groups is 1. The van der Waals surface area contributed by atoms with Crippen LogP contribution in [0, 0.1) is 17.8 Å². The number of benzene rings is 1. The molecule has 1 saturated carbocycles. The maximum absolute atomic E-state index is 13.7. The predicted octanol–water partition coefficient (Wildman–Crippen LogP) is 4.87. The molecule has 4 rings (SSSR count). The Bertz CT molecular complexity index is 1120. The van der Waals surface area contributed by atoms with Gasteiger partial charge in [-0.25, -0.2) is 4.98 Å². The summed E-state index contributed by atoms with van der Waals surface area (Å²) in [5.74, 6) is -0.409. The van der Waals surface area contributed by atoms with Crippen LogP contribution >= 0.6 is 11.6 Å². The highest BCUT2D eigenvalue weighted by atomic mass is 35.5. The topological polar surface area (TPSA) is 96.6 Å². The van der Waals surface area contributed by atoms with Crippen LogP contribution in [0.4, 0.5) is 11.5 Å². The van der Waals surface area contributed by atoms with Crippen LogP contribution in [0.3, 0.4) is 0 Å². The molecule has 8 heteroatoms. The van der Waals surface area contributed by atoms with Gasteiger partial charge in [-0.15, -0.1) is 0 Å². The summed E-state index contributed by atoms with van der Waals surface area (Å²) in [5.41, 5.74) is 7.25. The highest BCUT2D eigenvalue weighted by Crippen LogP contribution is 2.37. The van der Waals surface area contributed by atoms with Gasteiger partial charge in [-0.3, -0.25) is 19.3 Å². The lowest BCUT2D eigenvalue weighted by atomic mass is 9.76. The largest absolute Gasteiger partial charge is 0.384 e. The van der Waals surface area contributed by atoms with E-state index in [0.29, 0.717) is 35.3 Å². The number of likely N-dealkylation sites (tertiary alicyclic amines) is 1. The lowest BCUT2D eigenvalue weighted by Crippen LogP contribution is -2.69. The summed E-state index contributed by atoms with van der Waals surface area (Å²) in [7, 11) is 1.65. The molecule has 1 aliphatic heterocycles. The van der Waals surface area contributed by atoms with Gasteiger partial charge in [0, 0.05) is 30.4 Å². The van der Waals surface area contributed by atoms with Crippen molar-refractivity contribution in [2.24, 2.45) is 17.8 Å². The van der Waals surface area contributed by atoms with Crippen molar-refractivity contribution in [3.05, 3.63) is 53.2 Å². The highest BCUT2D eigenvalue weighted by molar-refractivity contribution is 6.31. The van der Waals surface area contributed by atoms with Gasteiger partial charge < -0.3 is 10.6 Å². The third kappa shape index (κ3) is 5.56. The first-order chi connectivity index (χ1) is 17.3. The predicted molar refractivity (Wildman–Crippen MR) is 141 cm³/mol. The Labute approximate surface area is 218 Å². The fraction of sp³-hybridized carbons (Fsp3) is 0.500. The van der Waals surface area contributed by atoms with Crippen LogP contribution < -0.4 is 10.6 Å². The van der Waals surface area contributed by atoms with E-state index in [0.717, 1.165) is 24.8 Å². The van der Waals surface area contributed by atoms with Crippen molar-refractivity contribution in [2.75, 3.05) is 17.7 Å². The zero-order valence-electron chi connectivity index (χ0n) is 21.0. The van der Waals surface area contributed by atoms with Crippen LogP contribution in [0.15, 0.2) is 42.6 Å². The molecule has 1 aromatic heterocycles. The number of hydrogen-bond acceptors (Lipinski definition) is 5. The number of anilines is 2. The maximum Gasteiger partial charge on any atom is 0.250 e. The van der Waals surface area contributed by atoms with E-state index in [-0.39, 0.29) is 23.6 Å². The lowest BCUT2D eigenvalue weighted by Gasteiger charge is -2.46. The van der Waals surface area contributed by atoms with Crippen molar-refractivity contribution < 1.29 is 14.4 Å². The lowest BCUT2D eigenvalue weighted by molar-refractivity contribution is -0.171. The number of β-lactam (4-membered cyclic amide) rings is 1. The number of carbonyl (C=O) groups is 3. The van der Waals surface area contributed by atoms with E-state index in [2.05, 4.69) is 11.9 Å². The molecule has 2 fully saturated rings. The minimum atomic E-state index is -0.868. The zero-order valence-corrected chi connectivity index (χ0v) is 21.8. The molecular formula is C28H35ClN4O3. The van der Waals surface area contributed by atoms with Gasteiger partial charge in [-0.2, -0.15) is 0 Å². The molecule has 1 saturated heterocycles. The number of rotatable bonds is 8. The van der Waals surface area contributed by atoms with E-state index in [1.54, 1.807) is 49.6 Å². The molecule has 2 heterocycles. The van der Waals surface area contributed by atoms with Crippen LogP contribution in [0.2, 0.25) is 5.02 Å². The van der Waals surface area contributed by atoms with Gasteiger partial charge in [-0.05, 0) is 54.2 Å². The Morgan fingerprint density at radius 1 is 1.19 bits per heavy atom. The fourth-order valence-corrected chi connectivity index (χ4v) is 5.95. The SMILES string of the molecule is CC[C@@H](CC(=O)N1C(=O)[C@H](Cc2ccnc(N)c2)[C@H]1C(=O)N(C)c1cccc(Cl)c1)C1CCCCC1. The first-order valence-electron chi connectivity index (χ1n) is 12.9. The van der Waals surface area contributed by atoms with E-state index < -0.39 is 12.0 Å². The van der Waals surface area contributed by atoms with Gasteiger partial charge in [0.1, 0.15) is 11.9 Å². The quantitative estimate of drug-likeness (QED) is 0.511. The molecule has 0 radical (unpaired) electrons. The standard InChI is InChI=1S/C28H35ClN4O3/c1-3-19(20-8-5-4-6-9-20)16-25(34)33-26(28(36)32(2)22-11-7-10-21(29)17-22)23(27(33)35)14-18-12-13-31-24(30)15-18/h7,10-13,15,17,19-20,23,26H,3-6,8-9,14,16H2,1-2H3,(H2,30,31)/t19-,23+,26-/m0/s1. The van der Waals surface area contributed by atoms with Crippen molar-refractivity contribution in [1.82, 2.24) is 9.88 Å². The number of nitrogens with two attached hydrogens (primary N) is 1. The molecule has 3 amide bonds. The Morgan fingerprint density at radius 3 is 2.61 bits per heavy atom. The molecule has 0 spiro atoms. The number of nitrogens with zero attached hydrogens (tertiary/aromatic N) is 3. The van der Waals surface area contributed by atoms with Crippen LogP contribution in [0.25, 0.3) is 0 Å². The van der Waals surface area contributed by atoms with Crippen molar-refractivity contribution in [3.63, 3.8) is 0 Å². The molecule has 0 bridgehead atoms. The number of likely N-dealkylation sites (N-methyl/N-ethyl adjacent to an activating group) is 1. The van der Waals surface area contributed by atoms with E-state index in [1.807, 2.05) is 0 Å². The molecule has 36 heavy (non-hydrogen) atoms. The van der Waals surface area contributed by atoms with E-state index >= 15 is 0 Å². The van der Waals surface area contributed by atoms with Crippen LogP contribution in [0.1, 0.15) is 57.4 Å². The van der Waals surface area contributed by atoms with Crippen LogP contribution in [-0.2, 0) is 20.8 Å². The Hall–Kier alpha value is -2.93. The summed E-state index contributed by atoms with van der Waals surface area (Å²) >= 11 is 6.15. The minimum absolute atomic E-state index is 0.228. The second kappa shape index (κ2) is 11.4. The number of pyridine rings is 1. The average molecular weight is 511 g/mol. The maximum atomic E-state index is 13.7. The second-order valence-electron chi connectivity index (χ2n) is 10.1. The Morgan fingerprint density at radius 2 is 1.94 bits per heavy atom. The van der Waals surface area contributed by atoms with Gasteiger partial charge in [0.15, 0.2) is 0 Å². The number of nitrogen functional groups attached to an aromatic ring is 1. The number of halogens is 1. The van der Waals surface area contributed by atoms with Crippen molar-refractivity contribution in [3.8, 4) is 0 Å². The molecule has 2 aliphatic rings. The van der Waals surface area contributed by atoms with Crippen LogP contribution in [0.5, 0.6) is 0 Å². The van der Waals surface area contributed by atoms with Crippen LogP contribution in [-0.4, -0.2) is 40.7 Å². The number of carbonyl (C=O) groups excluding carboxylic acids is 3. The Kier molecular flexibility index (Phi) is 8.29. The van der Waals surface area contributed by atoms with Crippen molar-refractivity contribution >= 4 is 40.8 Å². The number of aromatic nitrogens is 1. The zero-order chi connectivity index (χ0) is 25.8. The average Bonchev–Trinajstić information content (AvgIpc) is 2.88. The van der Waals surface area contributed by atoms with Gasteiger partial charge >= 0.3 is 0 Å². The Balaban J connectivity index is 1.57. The molecule has 1 aromatic carbocycles. The molecule has 1 aliphatic carbocycles. The minimum Gasteiger partial charge on any atom is -0.384 e.